The summed E-state index contributed by atoms with van der Waals surface area (Å²) < 4.78 is 0. The summed E-state index contributed by atoms with van der Waals surface area (Å²) in [5.74, 6) is 0.624. The maximum atomic E-state index is 3.36. The number of hydrogen-bond donors (Lipinski definition) is 1. The highest BCUT2D eigenvalue weighted by Gasteiger charge is 2.25. The summed E-state index contributed by atoms with van der Waals surface area (Å²) in [7, 11) is 2.06. The van der Waals surface area contributed by atoms with Gasteiger partial charge >= 0.3 is 0 Å². The third-order valence-corrected chi connectivity index (χ3v) is 4.28. The van der Waals surface area contributed by atoms with Crippen molar-refractivity contribution in [3.05, 3.63) is 35.4 Å². The van der Waals surface area contributed by atoms with Gasteiger partial charge in [-0.3, -0.25) is 0 Å². The maximum absolute atomic E-state index is 3.36. The predicted molar refractivity (Wildman–Crippen MR) is 81.2 cm³/mol. The molecule has 102 valence electrons. The second-order valence-electron chi connectivity index (χ2n) is 5.81. The lowest BCUT2D eigenvalue weighted by Crippen LogP contribution is -2.33. The topological polar surface area (TPSA) is 12.0 Å². The molecule has 1 aromatic carbocycles. The number of nitrogens with one attached hydrogen (secondary N) is 1. The van der Waals surface area contributed by atoms with E-state index in [0.29, 0.717) is 11.3 Å². The van der Waals surface area contributed by atoms with Crippen LogP contribution in [0.1, 0.15) is 57.6 Å². The Morgan fingerprint density at radius 2 is 1.61 bits per heavy atom. The summed E-state index contributed by atoms with van der Waals surface area (Å²) in [5, 5.41) is 3.36. The van der Waals surface area contributed by atoms with Crippen molar-refractivity contribution in [2.75, 3.05) is 13.6 Å². The minimum absolute atomic E-state index is 0.411. The van der Waals surface area contributed by atoms with Crippen LogP contribution in [0.15, 0.2) is 24.3 Å². The third-order valence-electron chi connectivity index (χ3n) is 4.28. The van der Waals surface area contributed by atoms with Gasteiger partial charge < -0.3 is 5.32 Å². The van der Waals surface area contributed by atoms with Crippen LogP contribution in [0.5, 0.6) is 0 Å². The molecule has 18 heavy (non-hydrogen) atoms. The molecule has 0 aliphatic carbocycles. The SMILES string of the molecule is CCC(CC)(CNC)Cc1ccc(C(C)C)cc1. The molecule has 1 rings (SSSR count). The third kappa shape index (κ3) is 3.84. The molecule has 0 aliphatic rings. The molecule has 0 saturated carbocycles. The summed E-state index contributed by atoms with van der Waals surface area (Å²) in [6.07, 6.45) is 3.64. The molecule has 0 unspecified atom stereocenters. The first-order valence-corrected chi connectivity index (χ1v) is 7.30. The van der Waals surface area contributed by atoms with Crippen molar-refractivity contribution in [3.63, 3.8) is 0 Å². The summed E-state index contributed by atoms with van der Waals surface area (Å²) in [4.78, 5) is 0. The summed E-state index contributed by atoms with van der Waals surface area (Å²) >= 11 is 0. The molecule has 0 aromatic heterocycles. The van der Waals surface area contributed by atoms with Crippen LogP contribution in [-0.2, 0) is 6.42 Å². The molecule has 0 atom stereocenters. The van der Waals surface area contributed by atoms with Gasteiger partial charge in [-0.2, -0.15) is 0 Å². The molecule has 0 aliphatic heterocycles. The highest BCUT2D eigenvalue weighted by molar-refractivity contribution is 5.25. The van der Waals surface area contributed by atoms with Crippen LogP contribution in [0.3, 0.4) is 0 Å². The molecule has 1 aromatic rings. The van der Waals surface area contributed by atoms with Crippen molar-refractivity contribution in [1.82, 2.24) is 5.32 Å². The van der Waals surface area contributed by atoms with Gasteiger partial charge in [-0.25, -0.2) is 0 Å². The van der Waals surface area contributed by atoms with E-state index in [4.69, 9.17) is 0 Å². The number of rotatable bonds is 7. The molecular weight excluding hydrogens is 218 g/mol. The van der Waals surface area contributed by atoms with E-state index < -0.39 is 0 Å². The summed E-state index contributed by atoms with van der Waals surface area (Å²) in [5.41, 5.74) is 3.32. The zero-order valence-electron chi connectivity index (χ0n) is 12.7. The largest absolute Gasteiger partial charge is 0.319 e. The molecular formula is C17H29N. The Labute approximate surface area is 113 Å². The normalized spacial score (nSPS) is 12.1. The van der Waals surface area contributed by atoms with Crippen molar-refractivity contribution in [2.24, 2.45) is 5.41 Å². The Morgan fingerprint density at radius 3 is 2.00 bits per heavy atom. The van der Waals surface area contributed by atoms with Gasteiger partial charge in [0.15, 0.2) is 0 Å². The monoisotopic (exact) mass is 247 g/mol. The van der Waals surface area contributed by atoms with Gasteiger partial charge in [0.25, 0.3) is 0 Å². The fourth-order valence-electron chi connectivity index (χ4n) is 2.64. The average Bonchev–Trinajstić information content (AvgIpc) is 2.38. The average molecular weight is 247 g/mol. The van der Waals surface area contributed by atoms with Gasteiger partial charge in [-0.15, -0.1) is 0 Å². The van der Waals surface area contributed by atoms with Crippen LogP contribution in [0.4, 0.5) is 0 Å². The molecule has 1 nitrogen and oxygen atoms in total. The summed E-state index contributed by atoms with van der Waals surface area (Å²) in [6.45, 7) is 10.2. The van der Waals surface area contributed by atoms with Crippen LogP contribution in [0.25, 0.3) is 0 Å². The minimum atomic E-state index is 0.411. The Bertz CT molecular complexity index is 333. The first-order chi connectivity index (χ1) is 8.56. The molecule has 0 amide bonds. The smallest absolute Gasteiger partial charge is 0.000779 e. The first kappa shape index (κ1) is 15.2. The Hall–Kier alpha value is -0.820. The van der Waals surface area contributed by atoms with E-state index in [9.17, 15) is 0 Å². The number of hydrogen-bond acceptors (Lipinski definition) is 1. The van der Waals surface area contributed by atoms with Crippen LogP contribution < -0.4 is 5.32 Å². The maximum Gasteiger partial charge on any atom is 0.000779 e. The van der Waals surface area contributed by atoms with Gasteiger partial charge in [-0.05, 0) is 48.8 Å². The van der Waals surface area contributed by atoms with E-state index in [1.165, 1.54) is 30.4 Å². The van der Waals surface area contributed by atoms with Crippen molar-refractivity contribution in [2.45, 2.75) is 52.9 Å². The van der Waals surface area contributed by atoms with Gasteiger partial charge in [-0.1, -0.05) is 52.0 Å². The molecule has 0 spiro atoms. The van der Waals surface area contributed by atoms with E-state index in [1.54, 1.807) is 0 Å². The molecule has 0 radical (unpaired) electrons. The van der Waals surface area contributed by atoms with Crippen LogP contribution in [0.2, 0.25) is 0 Å². The van der Waals surface area contributed by atoms with Gasteiger partial charge in [0.2, 0.25) is 0 Å². The molecule has 1 N–H and O–H groups in total. The van der Waals surface area contributed by atoms with Gasteiger partial charge in [0.05, 0.1) is 0 Å². The Balaban J connectivity index is 2.81. The van der Waals surface area contributed by atoms with Crippen LogP contribution in [0, 0.1) is 5.41 Å². The van der Waals surface area contributed by atoms with Crippen molar-refractivity contribution >= 4 is 0 Å². The standard InChI is InChI=1S/C17H29N/c1-6-17(7-2,13-18-5)12-15-8-10-16(11-9-15)14(3)4/h8-11,14,18H,6-7,12-13H2,1-5H3. The Morgan fingerprint density at radius 1 is 1.06 bits per heavy atom. The van der Waals surface area contributed by atoms with E-state index in [-0.39, 0.29) is 0 Å². The predicted octanol–water partition coefficient (Wildman–Crippen LogP) is 4.38. The molecule has 0 fully saturated rings. The fourth-order valence-corrected chi connectivity index (χ4v) is 2.64. The van der Waals surface area contributed by atoms with E-state index >= 15 is 0 Å². The van der Waals surface area contributed by atoms with Crippen LogP contribution in [-0.4, -0.2) is 13.6 Å². The minimum Gasteiger partial charge on any atom is -0.319 e. The van der Waals surface area contributed by atoms with Gasteiger partial charge in [0, 0.05) is 6.54 Å². The highest BCUT2D eigenvalue weighted by Crippen LogP contribution is 2.30. The molecule has 0 saturated heterocycles. The summed E-state index contributed by atoms with van der Waals surface area (Å²) in [6, 6.07) is 9.20. The van der Waals surface area contributed by atoms with Crippen molar-refractivity contribution in [1.29, 1.82) is 0 Å². The lowest BCUT2D eigenvalue weighted by molar-refractivity contribution is 0.253. The Kier molecular flexibility index (Phi) is 5.87. The quantitative estimate of drug-likeness (QED) is 0.754. The van der Waals surface area contributed by atoms with Crippen LogP contribution >= 0.6 is 0 Å². The molecule has 1 heteroatoms. The number of benzene rings is 1. The molecule has 0 bridgehead atoms. The fraction of sp³-hybridized carbons (Fsp3) is 0.647. The van der Waals surface area contributed by atoms with E-state index in [0.717, 1.165) is 6.54 Å². The second-order valence-corrected chi connectivity index (χ2v) is 5.81. The first-order valence-electron chi connectivity index (χ1n) is 7.30. The van der Waals surface area contributed by atoms with Gasteiger partial charge in [0.1, 0.15) is 0 Å². The van der Waals surface area contributed by atoms with E-state index in [1.807, 2.05) is 0 Å². The highest BCUT2D eigenvalue weighted by atomic mass is 14.8. The zero-order valence-corrected chi connectivity index (χ0v) is 12.7. The second kappa shape index (κ2) is 6.94. The lowest BCUT2D eigenvalue weighted by atomic mass is 9.76. The van der Waals surface area contributed by atoms with Crippen molar-refractivity contribution < 1.29 is 0 Å². The zero-order chi connectivity index (χ0) is 13.6. The lowest BCUT2D eigenvalue weighted by Gasteiger charge is -2.32. The van der Waals surface area contributed by atoms with Crippen molar-refractivity contribution in [3.8, 4) is 0 Å². The molecule has 0 heterocycles. The van der Waals surface area contributed by atoms with E-state index in [2.05, 4.69) is 64.3 Å².